The first-order chi connectivity index (χ1) is 27.3. The van der Waals surface area contributed by atoms with Gasteiger partial charge in [0.25, 0.3) is 5.82 Å². The molecule has 0 aliphatic carbocycles. The minimum Gasteiger partial charge on any atom is -0.465 e. The molecule has 0 saturated heterocycles. The number of hydrogen-bond acceptors (Lipinski definition) is 7. The van der Waals surface area contributed by atoms with Gasteiger partial charge in [0.1, 0.15) is 23.8 Å². The highest BCUT2D eigenvalue weighted by Gasteiger charge is 2.23. The fourth-order valence-electron chi connectivity index (χ4n) is 7.34. The van der Waals surface area contributed by atoms with Gasteiger partial charge in [-0.15, -0.1) is 0 Å². The molecular formula is C44H35N8O4+. The standard InChI is InChI=1S/C44H34N8O4/c1-51-23-21-45-41(51)39-33-17-13-29(47-33)37(25-5-9-27(10-6-25)43(53)55-3)31-15-19-35(49-31)40(42-46-22-24-52(42)2)36-20-16-32(50-36)38(30-14-18-34(39)48-30)26-7-11-28(12-8-26)44(54)56-4/h5-24H,1-4H3,(H2,45,46,47,48,49,50,53,54)/p+1. The van der Waals surface area contributed by atoms with E-state index in [0.717, 1.165) is 84.2 Å². The van der Waals surface area contributed by atoms with Crippen LogP contribution in [0.2, 0.25) is 0 Å². The van der Waals surface area contributed by atoms with Crippen LogP contribution in [0.5, 0.6) is 0 Å². The summed E-state index contributed by atoms with van der Waals surface area (Å²) in [4.78, 5) is 50.9. The summed E-state index contributed by atoms with van der Waals surface area (Å²) in [5, 5.41) is 0. The van der Waals surface area contributed by atoms with E-state index in [0.29, 0.717) is 16.8 Å². The molecule has 7 heterocycles. The third-order valence-electron chi connectivity index (χ3n) is 10.1. The van der Waals surface area contributed by atoms with Crippen molar-refractivity contribution in [2.24, 2.45) is 14.1 Å². The Labute approximate surface area is 320 Å². The average molecular weight is 740 g/mol. The first-order valence-corrected chi connectivity index (χ1v) is 17.9. The van der Waals surface area contributed by atoms with Crippen molar-refractivity contribution < 1.29 is 23.6 Å². The summed E-state index contributed by atoms with van der Waals surface area (Å²) in [6, 6.07) is 22.8. The van der Waals surface area contributed by atoms with Crippen LogP contribution in [0.25, 0.3) is 91.4 Å². The average Bonchev–Trinajstić information content (AvgIpc) is 4.09. The molecule has 2 aliphatic heterocycles. The topological polar surface area (TPSA) is 147 Å². The number of hydrogen-bond donors (Lipinski definition) is 3. The van der Waals surface area contributed by atoms with Gasteiger partial charge in [-0.3, -0.25) is 0 Å². The molecule has 8 bridgehead atoms. The molecule has 0 amide bonds. The Morgan fingerprint density at radius 1 is 0.625 bits per heavy atom. The van der Waals surface area contributed by atoms with Crippen molar-refractivity contribution in [2.75, 3.05) is 14.2 Å². The molecule has 5 aromatic heterocycles. The van der Waals surface area contributed by atoms with Crippen LogP contribution in [0, 0.1) is 0 Å². The number of aromatic nitrogens is 8. The smallest absolute Gasteiger partial charge is 0.337 e. The molecule has 0 spiro atoms. The van der Waals surface area contributed by atoms with Crippen LogP contribution >= 0.6 is 0 Å². The number of aryl methyl sites for hydroxylation is 2. The van der Waals surface area contributed by atoms with Gasteiger partial charge >= 0.3 is 11.9 Å². The van der Waals surface area contributed by atoms with Gasteiger partial charge in [-0.2, -0.15) is 0 Å². The van der Waals surface area contributed by atoms with Crippen molar-refractivity contribution in [1.82, 2.24) is 34.5 Å². The lowest BCUT2D eigenvalue weighted by atomic mass is 10.0. The van der Waals surface area contributed by atoms with E-state index in [2.05, 4.69) is 15.0 Å². The normalized spacial score (nSPS) is 11.9. The maximum absolute atomic E-state index is 12.4. The quantitative estimate of drug-likeness (QED) is 0.117. The lowest BCUT2D eigenvalue weighted by Gasteiger charge is -2.07. The van der Waals surface area contributed by atoms with E-state index in [4.69, 9.17) is 24.4 Å². The van der Waals surface area contributed by atoms with Crippen LogP contribution in [0.4, 0.5) is 0 Å². The number of nitrogens with one attached hydrogen (secondary N) is 3. The number of ether oxygens (including phenoxy) is 2. The molecule has 7 aromatic rings. The zero-order valence-electron chi connectivity index (χ0n) is 30.9. The van der Waals surface area contributed by atoms with Crippen molar-refractivity contribution in [3.8, 4) is 45.0 Å². The Bertz CT molecular complexity index is 2740. The second-order valence-corrected chi connectivity index (χ2v) is 13.4. The third-order valence-corrected chi connectivity index (χ3v) is 10.1. The fourth-order valence-corrected chi connectivity index (χ4v) is 7.34. The highest BCUT2D eigenvalue weighted by Crippen LogP contribution is 2.37. The van der Waals surface area contributed by atoms with Gasteiger partial charge in [-0.1, -0.05) is 24.3 Å². The van der Waals surface area contributed by atoms with E-state index in [1.807, 2.05) is 115 Å². The molecule has 274 valence electrons. The Balaban J connectivity index is 1.43. The van der Waals surface area contributed by atoms with E-state index < -0.39 is 11.9 Å². The number of nitrogens with zero attached hydrogens (tertiary/aromatic N) is 5. The minimum absolute atomic E-state index is 0.409. The van der Waals surface area contributed by atoms with Gasteiger partial charge < -0.3 is 24.0 Å². The van der Waals surface area contributed by atoms with Crippen molar-refractivity contribution in [3.05, 3.63) is 131 Å². The molecule has 56 heavy (non-hydrogen) atoms. The van der Waals surface area contributed by atoms with Crippen LogP contribution in [0.1, 0.15) is 43.5 Å². The third kappa shape index (κ3) is 5.80. The Morgan fingerprint density at radius 2 is 1.07 bits per heavy atom. The van der Waals surface area contributed by atoms with Crippen LogP contribution in [-0.2, 0) is 23.6 Å². The van der Waals surface area contributed by atoms with Crippen LogP contribution < -0.4 is 4.57 Å². The van der Waals surface area contributed by atoms with Gasteiger partial charge in [0.05, 0.1) is 71.8 Å². The first kappa shape index (κ1) is 34.2. The molecular weight excluding hydrogens is 705 g/mol. The zero-order valence-corrected chi connectivity index (χ0v) is 30.9. The summed E-state index contributed by atoms with van der Waals surface area (Å²) in [6.45, 7) is 0. The van der Waals surface area contributed by atoms with Crippen molar-refractivity contribution in [1.29, 1.82) is 0 Å². The summed E-state index contributed by atoms with van der Waals surface area (Å²) < 4.78 is 13.9. The molecule has 0 radical (unpaired) electrons. The molecule has 0 fully saturated rings. The van der Waals surface area contributed by atoms with Crippen LogP contribution in [-0.4, -0.2) is 60.6 Å². The molecule has 2 aromatic carbocycles. The molecule has 12 nitrogen and oxygen atoms in total. The molecule has 9 rings (SSSR count). The number of rotatable bonds is 6. The Morgan fingerprint density at radius 3 is 1.50 bits per heavy atom. The number of imidazole rings is 2. The van der Waals surface area contributed by atoms with Crippen molar-refractivity contribution >= 4 is 58.3 Å². The number of carbonyl (C=O) groups is 2. The molecule has 0 saturated carbocycles. The zero-order chi connectivity index (χ0) is 38.5. The monoisotopic (exact) mass is 739 g/mol. The van der Waals surface area contributed by atoms with E-state index >= 15 is 0 Å². The highest BCUT2D eigenvalue weighted by molar-refractivity contribution is 5.99. The molecule has 0 unspecified atom stereocenters. The summed E-state index contributed by atoms with van der Waals surface area (Å²) in [7, 11) is 6.68. The van der Waals surface area contributed by atoms with Crippen LogP contribution in [0.15, 0.2) is 97.6 Å². The fraction of sp³-hybridized carbons (Fsp3) is 0.0909. The highest BCUT2D eigenvalue weighted by atomic mass is 16.5. The number of methoxy groups -OCH3 is 2. The van der Waals surface area contributed by atoms with Gasteiger partial charge in [-0.25, -0.2) is 34.1 Å². The maximum atomic E-state index is 12.4. The Kier molecular flexibility index (Phi) is 8.35. The number of H-pyrrole nitrogens is 3. The minimum atomic E-state index is -0.409. The number of benzene rings is 2. The number of esters is 2. The molecule has 2 aliphatic rings. The Hall–Kier alpha value is -7.60. The van der Waals surface area contributed by atoms with E-state index in [9.17, 15) is 9.59 Å². The van der Waals surface area contributed by atoms with Gasteiger partial charge in [0.15, 0.2) is 0 Å². The predicted molar refractivity (Wildman–Crippen MR) is 216 cm³/mol. The van der Waals surface area contributed by atoms with E-state index in [-0.39, 0.29) is 0 Å². The summed E-state index contributed by atoms with van der Waals surface area (Å²) in [6.07, 6.45) is 15.6. The molecule has 0 atom stereocenters. The number of aromatic amines is 3. The summed E-state index contributed by atoms with van der Waals surface area (Å²) >= 11 is 0. The van der Waals surface area contributed by atoms with Crippen molar-refractivity contribution in [2.45, 2.75) is 0 Å². The van der Waals surface area contributed by atoms with Crippen LogP contribution in [0.3, 0.4) is 0 Å². The molecule has 3 N–H and O–H groups in total. The summed E-state index contributed by atoms with van der Waals surface area (Å²) in [5.41, 5.74) is 12.1. The van der Waals surface area contributed by atoms with Crippen molar-refractivity contribution in [3.63, 3.8) is 0 Å². The van der Waals surface area contributed by atoms with Gasteiger partial charge in [0, 0.05) is 41.6 Å². The van der Waals surface area contributed by atoms with E-state index in [1.54, 1.807) is 30.5 Å². The number of fused-ring (bicyclic) bond motifs is 8. The van der Waals surface area contributed by atoms with E-state index in [1.165, 1.54) is 14.2 Å². The second kappa shape index (κ2) is 13.7. The second-order valence-electron chi connectivity index (χ2n) is 13.4. The van der Waals surface area contributed by atoms with Gasteiger partial charge in [-0.05, 0) is 84.0 Å². The lowest BCUT2D eigenvalue weighted by molar-refractivity contribution is -0.658. The van der Waals surface area contributed by atoms with Gasteiger partial charge in [0.2, 0.25) is 0 Å². The lowest BCUT2D eigenvalue weighted by Crippen LogP contribution is -2.27. The predicted octanol–water partition coefficient (Wildman–Crippen LogP) is 7.78. The number of carbonyl (C=O) groups excluding carboxylic acids is 2. The SMILES string of the molecule is COC(=O)c1ccc(-c2c3nc(c(-c4[nH]cc[n+]4C)c4ccc([nH]4)c(-c4ccc(C(=O)OC)cc4)c4nc(c(-c5nccn5C)c5ccc2[nH]5)C=C4)C=C3)cc1. The largest absolute Gasteiger partial charge is 0.465 e. The molecule has 12 heteroatoms. The summed E-state index contributed by atoms with van der Waals surface area (Å²) in [5.74, 6) is 0.759. The maximum Gasteiger partial charge on any atom is 0.337 e. The first-order valence-electron chi connectivity index (χ1n) is 17.9.